The Morgan fingerprint density at radius 3 is 2.75 bits per heavy atom. The molecule has 2 nitrogen and oxygen atoms in total. The first-order valence-electron chi connectivity index (χ1n) is 6.25. The van der Waals surface area contributed by atoms with E-state index in [9.17, 15) is 0 Å². The van der Waals surface area contributed by atoms with E-state index >= 15 is 0 Å². The summed E-state index contributed by atoms with van der Waals surface area (Å²) < 4.78 is 0. The Morgan fingerprint density at radius 1 is 1.25 bits per heavy atom. The van der Waals surface area contributed by atoms with Gasteiger partial charge in [0.05, 0.1) is 0 Å². The lowest BCUT2D eigenvalue weighted by Gasteiger charge is -2.15. The molecule has 0 atom stereocenters. The SMILES string of the molecule is CC(C)CCCN1Cc2ccc(N)cc2C1. The van der Waals surface area contributed by atoms with Crippen molar-refractivity contribution >= 4 is 5.69 Å². The van der Waals surface area contributed by atoms with Gasteiger partial charge in [-0.2, -0.15) is 0 Å². The van der Waals surface area contributed by atoms with E-state index in [4.69, 9.17) is 5.73 Å². The predicted molar refractivity (Wildman–Crippen MR) is 69.0 cm³/mol. The zero-order valence-corrected chi connectivity index (χ0v) is 10.4. The van der Waals surface area contributed by atoms with Crippen LogP contribution in [0.1, 0.15) is 37.8 Å². The molecule has 0 amide bonds. The van der Waals surface area contributed by atoms with Crippen molar-refractivity contribution in [1.82, 2.24) is 4.90 Å². The molecule has 2 rings (SSSR count). The average Bonchev–Trinajstić information content (AvgIpc) is 2.58. The number of hydrogen-bond acceptors (Lipinski definition) is 2. The van der Waals surface area contributed by atoms with Crippen LogP contribution >= 0.6 is 0 Å². The van der Waals surface area contributed by atoms with Crippen LogP contribution in [-0.4, -0.2) is 11.4 Å². The molecular weight excluding hydrogens is 196 g/mol. The van der Waals surface area contributed by atoms with E-state index < -0.39 is 0 Å². The molecule has 0 spiro atoms. The number of rotatable bonds is 4. The highest BCUT2D eigenvalue weighted by atomic mass is 15.1. The zero-order chi connectivity index (χ0) is 11.5. The van der Waals surface area contributed by atoms with E-state index in [0.29, 0.717) is 0 Å². The van der Waals surface area contributed by atoms with Crippen molar-refractivity contribution in [2.45, 2.75) is 39.8 Å². The molecule has 1 aliphatic heterocycles. The minimum absolute atomic E-state index is 0.820. The highest BCUT2D eigenvalue weighted by Crippen LogP contribution is 2.24. The highest BCUT2D eigenvalue weighted by molar-refractivity contribution is 5.46. The van der Waals surface area contributed by atoms with Gasteiger partial charge in [-0.05, 0) is 48.6 Å². The van der Waals surface area contributed by atoms with E-state index in [2.05, 4.69) is 30.9 Å². The summed E-state index contributed by atoms with van der Waals surface area (Å²) in [5, 5.41) is 0. The number of fused-ring (bicyclic) bond motifs is 1. The predicted octanol–water partition coefficient (Wildman–Crippen LogP) is 3.02. The number of hydrogen-bond donors (Lipinski definition) is 1. The minimum Gasteiger partial charge on any atom is -0.399 e. The van der Waals surface area contributed by atoms with Crippen molar-refractivity contribution in [3.05, 3.63) is 29.3 Å². The summed E-state index contributed by atoms with van der Waals surface area (Å²) in [6.07, 6.45) is 2.64. The van der Waals surface area contributed by atoms with Crippen LogP contribution in [0.25, 0.3) is 0 Å². The molecule has 2 N–H and O–H groups in total. The smallest absolute Gasteiger partial charge is 0.0317 e. The van der Waals surface area contributed by atoms with E-state index in [1.54, 1.807) is 0 Å². The normalized spacial score (nSPS) is 15.7. The topological polar surface area (TPSA) is 29.3 Å². The molecule has 0 saturated heterocycles. The Labute approximate surface area is 98.4 Å². The molecule has 0 aliphatic carbocycles. The lowest BCUT2D eigenvalue weighted by Crippen LogP contribution is -2.17. The van der Waals surface area contributed by atoms with Gasteiger partial charge in [0.25, 0.3) is 0 Å². The molecule has 0 aromatic heterocycles. The number of nitrogens with two attached hydrogens (primary N) is 1. The van der Waals surface area contributed by atoms with Gasteiger partial charge >= 0.3 is 0 Å². The summed E-state index contributed by atoms with van der Waals surface area (Å²) in [6, 6.07) is 6.31. The first kappa shape index (κ1) is 11.5. The van der Waals surface area contributed by atoms with Crippen LogP contribution < -0.4 is 5.73 Å². The molecule has 88 valence electrons. The Kier molecular flexibility index (Phi) is 3.49. The van der Waals surface area contributed by atoms with Gasteiger partial charge in [0.2, 0.25) is 0 Å². The van der Waals surface area contributed by atoms with E-state index in [1.807, 2.05) is 6.07 Å². The summed E-state index contributed by atoms with van der Waals surface area (Å²) in [4.78, 5) is 2.52. The van der Waals surface area contributed by atoms with Crippen LogP contribution in [0.4, 0.5) is 5.69 Å². The molecule has 1 aliphatic rings. The minimum atomic E-state index is 0.820. The number of anilines is 1. The lowest BCUT2D eigenvalue weighted by atomic mass is 10.1. The van der Waals surface area contributed by atoms with Crippen LogP contribution in [-0.2, 0) is 13.1 Å². The third-order valence-electron chi connectivity index (χ3n) is 3.27. The van der Waals surface area contributed by atoms with Crippen LogP contribution in [0.15, 0.2) is 18.2 Å². The first-order valence-corrected chi connectivity index (χ1v) is 6.25. The fourth-order valence-electron chi connectivity index (χ4n) is 2.37. The molecule has 0 bridgehead atoms. The highest BCUT2D eigenvalue weighted by Gasteiger charge is 2.18. The Morgan fingerprint density at radius 2 is 2.00 bits per heavy atom. The van der Waals surface area contributed by atoms with Crippen LogP contribution in [0.5, 0.6) is 0 Å². The second-order valence-electron chi connectivity index (χ2n) is 5.27. The van der Waals surface area contributed by atoms with Crippen molar-refractivity contribution in [3.8, 4) is 0 Å². The molecule has 1 heterocycles. The monoisotopic (exact) mass is 218 g/mol. The quantitative estimate of drug-likeness (QED) is 0.787. The molecular formula is C14H22N2. The summed E-state index contributed by atoms with van der Waals surface area (Å²) in [7, 11) is 0. The van der Waals surface area contributed by atoms with Gasteiger partial charge in [0.1, 0.15) is 0 Å². The second kappa shape index (κ2) is 4.88. The Hall–Kier alpha value is -1.02. The molecule has 0 unspecified atom stereocenters. The Balaban J connectivity index is 1.86. The molecule has 1 aromatic rings. The summed E-state index contributed by atoms with van der Waals surface area (Å²) in [6.45, 7) is 7.98. The number of benzene rings is 1. The maximum atomic E-state index is 5.80. The summed E-state index contributed by atoms with van der Waals surface area (Å²) in [5.74, 6) is 0.820. The van der Waals surface area contributed by atoms with Gasteiger partial charge in [0.15, 0.2) is 0 Å². The number of nitrogens with zero attached hydrogens (tertiary/aromatic N) is 1. The van der Waals surface area contributed by atoms with Crippen molar-refractivity contribution in [3.63, 3.8) is 0 Å². The van der Waals surface area contributed by atoms with E-state index in [0.717, 1.165) is 24.7 Å². The van der Waals surface area contributed by atoms with Gasteiger partial charge in [-0.3, -0.25) is 4.90 Å². The summed E-state index contributed by atoms with van der Waals surface area (Å²) in [5.41, 5.74) is 9.57. The fourth-order valence-corrected chi connectivity index (χ4v) is 2.37. The van der Waals surface area contributed by atoms with Crippen LogP contribution in [0, 0.1) is 5.92 Å². The van der Waals surface area contributed by atoms with Gasteiger partial charge in [-0.15, -0.1) is 0 Å². The lowest BCUT2D eigenvalue weighted by molar-refractivity contribution is 0.272. The summed E-state index contributed by atoms with van der Waals surface area (Å²) >= 11 is 0. The maximum absolute atomic E-state index is 5.80. The van der Waals surface area contributed by atoms with Crippen molar-refractivity contribution in [2.24, 2.45) is 5.92 Å². The first-order chi connectivity index (χ1) is 7.65. The molecule has 0 radical (unpaired) electrons. The van der Waals surface area contributed by atoms with Gasteiger partial charge < -0.3 is 5.73 Å². The average molecular weight is 218 g/mol. The second-order valence-corrected chi connectivity index (χ2v) is 5.27. The van der Waals surface area contributed by atoms with Crippen molar-refractivity contribution in [1.29, 1.82) is 0 Å². The zero-order valence-electron chi connectivity index (χ0n) is 10.4. The van der Waals surface area contributed by atoms with Gasteiger partial charge in [-0.25, -0.2) is 0 Å². The molecule has 2 heteroatoms. The molecule has 0 fully saturated rings. The van der Waals surface area contributed by atoms with Crippen molar-refractivity contribution < 1.29 is 0 Å². The maximum Gasteiger partial charge on any atom is 0.0317 e. The van der Waals surface area contributed by atoms with Crippen LogP contribution in [0.3, 0.4) is 0 Å². The van der Waals surface area contributed by atoms with Crippen molar-refractivity contribution in [2.75, 3.05) is 12.3 Å². The van der Waals surface area contributed by atoms with Crippen LogP contribution in [0.2, 0.25) is 0 Å². The van der Waals surface area contributed by atoms with E-state index in [-0.39, 0.29) is 0 Å². The fraction of sp³-hybridized carbons (Fsp3) is 0.571. The third kappa shape index (κ3) is 2.76. The van der Waals surface area contributed by atoms with E-state index in [1.165, 1.54) is 30.5 Å². The standard InChI is InChI=1S/C14H22N2/c1-11(2)4-3-7-16-9-12-5-6-14(15)8-13(12)10-16/h5-6,8,11H,3-4,7,9-10,15H2,1-2H3. The third-order valence-corrected chi connectivity index (χ3v) is 3.27. The Bertz CT molecular complexity index is 358. The molecule has 0 saturated carbocycles. The number of nitrogen functional groups attached to an aromatic ring is 1. The van der Waals surface area contributed by atoms with Gasteiger partial charge in [-0.1, -0.05) is 19.9 Å². The largest absolute Gasteiger partial charge is 0.399 e. The molecule has 16 heavy (non-hydrogen) atoms. The molecule has 1 aromatic carbocycles. The van der Waals surface area contributed by atoms with Gasteiger partial charge in [0, 0.05) is 18.8 Å².